The van der Waals surface area contributed by atoms with Gasteiger partial charge in [0.05, 0.1) is 11.3 Å². The van der Waals surface area contributed by atoms with Crippen molar-refractivity contribution in [3.8, 4) is 5.75 Å². The van der Waals surface area contributed by atoms with Crippen LogP contribution >= 0.6 is 0 Å². The molecule has 1 N–H and O–H groups in total. The number of hydrogen-bond donors (Lipinski definition) is 1. The Morgan fingerprint density at radius 3 is 2.76 bits per heavy atom. The Kier molecular flexibility index (Phi) is 4.69. The number of para-hydroxylation sites is 1. The van der Waals surface area contributed by atoms with Crippen LogP contribution in [0.5, 0.6) is 5.75 Å². The molecule has 0 aliphatic carbocycles. The summed E-state index contributed by atoms with van der Waals surface area (Å²) in [6.07, 6.45) is 0. The summed E-state index contributed by atoms with van der Waals surface area (Å²) in [5.41, 5.74) is 0.0569. The number of rotatable bonds is 5. The molecule has 1 heterocycles. The molecule has 1 aromatic heterocycles. The first kappa shape index (κ1) is 16.6. The molecule has 3 aromatic rings. The van der Waals surface area contributed by atoms with Gasteiger partial charge in [-0.2, -0.15) is 4.98 Å². The van der Waals surface area contributed by atoms with Gasteiger partial charge in [-0.1, -0.05) is 17.3 Å². The van der Waals surface area contributed by atoms with E-state index in [2.05, 4.69) is 15.5 Å². The molecule has 8 heteroatoms. The number of hydrogen-bond acceptors (Lipinski definition) is 5. The molecule has 0 saturated carbocycles. The lowest BCUT2D eigenvalue weighted by Gasteiger charge is -2.11. The first-order valence-corrected chi connectivity index (χ1v) is 7.30. The van der Waals surface area contributed by atoms with E-state index in [0.29, 0.717) is 17.8 Å². The molecule has 25 heavy (non-hydrogen) atoms. The lowest BCUT2D eigenvalue weighted by Crippen LogP contribution is -2.14. The highest BCUT2D eigenvalue weighted by Crippen LogP contribution is 2.22. The van der Waals surface area contributed by atoms with E-state index in [1.807, 2.05) is 0 Å². The summed E-state index contributed by atoms with van der Waals surface area (Å²) >= 11 is 0. The molecule has 0 saturated heterocycles. The van der Waals surface area contributed by atoms with Crippen LogP contribution in [0.4, 0.5) is 14.5 Å². The number of halogens is 2. The van der Waals surface area contributed by atoms with Gasteiger partial charge in [-0.15, -0.1) is 0 Å². The number of ether oxygens (including phenoxy) is 1. The molecule has 0 unspecified atom stereocenters. The third kappa shape index (κ3) is 3.97. The second-order valence-corrected chi connectivity index (χ2v) is 5.09. The maximum atomic E-state index is 13.7. The van der Waals surface area contributed by atoms with E-state index < -0.39 is 17.5 Å². The molecule has 3 rings (SSSR count). The van der Waals surface area contributed by atoms with E-state index in [-0.39, 0.29) is 23.6 Å². The van der Waals surface area contributed by atoms with Crippen molar-refractivity contribution in [3.63, 3.8) is 0 Å². The summed E-state index contributed by atoms with van der Waals surface area (Å²) in [5, 5.41) is 6.08. The van der Waals surface area contributed by atoms with Crippen molar-refractivity contribution < 1.29 is 22.8 Å². The summed E-state index contributed by atoms with van der Waals surface area (Å²) in [5.74, 6) is -1.19. The van der Waals surface area contributed by atoms with E-state index in [1.54, 1.807) is 25.1 Å². The molecule has 0 spiro atoms. The average Bonchev–Trinajstić information content (AvgIpc) is 3.01. The minimum atomic E-state index is -0.867. The third-order valence-corrected chi connectivity index (χ3v) is 3.24. The van der Waals surface area contributed by atoms with Gasteiger partial charge in [-0.3, -0.25) is 4.79 Å². The SMILES string of the molecule is Cc1nc(COc2ccccc2C(=O)Nc2ccc(F)cc2F)no1. The Morgan fingerprint density at radius 1 is 1.24 bits per heavy atom. The van der Waals surface area contributed by atoms with E-state index >= 15 is 0 Å². The van der Waals surface area contributed by atoms with Crippen molar-refractivity contribution in [1.29, 1.82) is 0 Å². The van der Waals surface area contributed by atoms with Gasteiger partial charge < -0.3 is 14.6 Å². The molecule has 0 atom stereocenters. The van der Waals surface area contributed by atoms with E-state index in [1.165, 1.54) is 6.07 Å². The van der Waals surface area contributed by atoms with Crippen LogP contribution in [-0.2, 0) is 6.61 Å². The second kappa shape index (κ2) is 7.08. The second-order valence-electron chi connectivity index (χ2n) is 5.09. The summed E-state index contributed by atoms with van der Waals surface area (Å²) in [7, 11) is 0. The van der Waals surface area contributed by atoms with E-state index in [9.17, 15) is 13.6 Å². The molecule has 2 aromatic carbocycles. The number of anilines is 1. The topological polar surface area (TPSA) is 77.2 Å². The van der Waals surface area contributed by atoms with Crippen LogP contribution in [0.15, 0.2) is 47.0 Å². The maximum Gasteiger partial charge on any atom is 0.259 e. The van der Waals surface area contributed by atoms with Gasteiger partial charge >= 0.3 is 0 Å². The van der Waals surface area contributed by atoms with Crippen molar-refractivity contribution in [1.82, 2.24) is 10.1 Å². The number of nitrogens with one attached hydrogen (secondary N) is 1. The zero-order chi connectivity index (χ0) is 17.8. The van der Waals surface area contributed by atoms with Gasteiger partial charge in [0, 0.05) is 13.0 Å². The fourth-order valence-corrected chi connectivity index (χ4v) is 2.10. The predicted molar refractivity (Wildman–Crippen MR) is 84.1 cm³/mol. The van der Waals surface area contributed by atoms with Crippen LogP contribution in [0.25, 0.3) is 0 Å². The van der Waals surface area contributed by atoms with Crippen LogP contribution in [-0.4, -0.2) is 16.0 Å². The van der Waals surface area contributed by atoms with Crippen molar-refractivity contribution in [2.75, 3.05) is 5.32 Å². The maximum absolute atomic E-state index is 13.7. The third-order valence-electron chi connectivity index (χ3n) is 3.24. The molecular formula is C17H13F2N3O3. The number of benzene rings is 2. The highest BCUT2D eigenvalue weighted by molar-refractivity contribution is 6.06. The summed E-state index contributed by atoms with van der Waals surface area (Å²) in [6, 6.07) is 9.33. The van der Waals surface area contributed by atoms with Crippen LogP contribution in [0.2, 0.25) is 0 Å². The van der Waals surface area contributed by atoms with Gasteiger partial charge in [0.2, 0.25) is 11.7 Å². The minimum absolute atomic E-state index is 0.00649. The Hall–Kier alpha value is -3.29. The van der Waals surface area contributed by atoms with Gasteiger partial charge in [-0.25, -0.2) is 8.78 Å². The smallest absolute Gasteiger partial charge is 0.259 e. The first-order chi connectivity index (χ1) is 12.0. The Morgan fingerprint density at radius 2 is 2.04 bits per heavy atom. The number of carbonyl (C=O) groups excluding carboxylic acids is 1. The number of aryl methyl sites for hydroxylation is 1. The molecule has 0 radical (unpaired) electrons. The number of nitrogens with zero attached hydrogens (tertiary/aromatic N) is 2. The Bertz CT molecular complexity index is 912. The molecule has 128 valence electrons. The summed E-state index contributed by atoms with van der Waals surface area (Å²) in [6.45, 7) is 1.65. The van der Waals surface area contributed by atoms with E-state index in [4.69, 9.17) is 9.26 Å². The molecule has 1 amide bonds. The number of amides is 1. The van der Waals surface area contributed by atoms with Crippen LogP contribution in [0.3, 0.4) is 0 Å². The van der Waals surface area contributed by atoms with Crippen LogP contribution in [0, 0.1) is 18.6 Å². The molecule has 0 bridgehead atoms. The summed E-state index contributed by atoms with van der Waals surface area (Å²) < 4.78 is 37.0. The molecular weight excluding hydrogens is 332 g/mol. The number of aromatic nitrogens is 2. The van der Waals surface area contributed by atoms with Crippen LogP contribution in [0.1, 0.15) is 22.1 Å². The molecule has 0 fully saturated rings. The fraction of sp³-hybridized carbons (Fsp3) is 0.118. The normalized spacial score (nSPS) is 10.5. The summed E-state index contributed by atoms with van der Waals surface area (Å²) in [4.78, 5) is 16.4. The Labute approximate surface area is 141 Å². The van der Waals surface area contributed by atoms with E-state index in [0.717, 1.165) is 12.1 Å². The zero-order valence-electron chi connectivity index (χ0n) is 13.1. The van der Waals surface area contributed by atoms with Gasteiger partial charge in [-0.05, 0) is 24.3 Å². The van der Waals surface area contributed by atoms with Gasteiger partial charge in [0.15, 0.2) is 6.61 Å². The zero-order valence-corrected chi connectivity index (χ0v) is 13.1. The molecule has 0 aliphatic rings. The predicted octanol–water partition coefficient (Wildman–Crippen LogP) is 3.49. The van der Waals surface area contributed by atoms with Crippen molar-refractivity contribution in [2.24, 2.45) is 0 Å². The van der Waals surface area contributed by atoms with Gasteiger partial charge in [0.25, 0.3) is 5.91 Å². The van der Waals surface area contributed by atoms with Crippen molar-refractivity contribution >= 4 is 11.6 Å². The van der Waals surface area contributed by atoms with Crippen LogP contribution < -0.4 is 10.1 Å². The molecule has 0 aliphatic heterocycles. The average molecular weight is 345 g/mol. The van der Waals surface area contributed by atoms with Crippen molar-refractivity contribution in [3.05, 3.63) is 71.4 Å². The quantitative estimate of drug-likeness (QED) is 0.766. The standard InChI is InChI=1S/C17H13F2N3O3/c1-10-20-16(22-25-10)9-24-15-5-3-2-4-12(15)17(23)21-14-7-6-11(18)8-13(14)19/h2-8H,9H2,1H3,(H,21,23). The molecule has 6 nitrogen and oxygen atoms in total. The lowest BCUT2D eigenvalue weighted by atomic mass is 10.2. The largest absolute Gasteiger partial charge is 0.485 e. The highest BCUT2D eigenvalue weighted by Gasteiger charge is 2.15. The van der Waals surface area contributed by atoms with Crippen molar-refractivity contribution in [2.45, 2.75) is 13.5 Å². The highest BCUT2D eigenvalue weighted by atomic mass is 19.1. The minimum Gasteiger partial charge on any atom is -0.485 e. The lowest BCUT2D eigenvalue weighted by molar-refractivity contribution is 0.102. The number of carbonyl (C=O) groups is 1. The first-order valence-electron chi connectivity index (χ1n) is 7.30. The Balaban J connectivity index is 1.76. The van der Waals surface area contributed by atoms with Gasteiger partial charge in [0.1, 0.15) is 17.4 Å². The fourth-order valence-electron chi connectivity index (χ4n) is 2.10. The monoisotopic (exact) mass is 345 g/mol.